The Balaban J connectivity index is 2.05. The molecule has 0 radical (unpaired) electrons. The number of ether oxygens (including phenoxy) is 2. The Bertz CT molecular complexity index is 754. The van der Waals surface area contributed by atoms with Crippen LogP contribution in [0.1, 0.15) is 0 Å². The minimum absolute atomic E-state index is 0.651. The molecule has 0 bridgehead atoms. The van der Waals surface area contributed by atoms with Crippen LogP contribution in [0.25, 0.3) is 0 Å². The van der Waals surface area contributed by atoms with Crippen LogP contribution in [0.3, 0.4) is 0 Å². The van der Waals surface area contributed by atoms with E-state index < -0.39 is 19.0 Å². The summed E-state index contributed by atoms with van der Waals surface area (Å²) in [5, 5.41) is 0. The standard InChI is InChI=1S/C20H20O4Te/c1-22-16-8-12-19(13-9-16)25(21,24-18-6-4-3-5-7-18)20-14-10-17(23-2)11-15-20/h3-15,21H,1-2H3. The quantitative estimate of drug-likeness (QED) is 0.584. The third-order valence-corrected chi connectivity index (χ3v) is 10.2. The monoisotopic (exact) mass is 454 g/mol. The van der Waals surface area contributed by atoms with Crippen molar-refractivity contribution in [1.29, 1.82) is 0 Å². The normalized spacial score (nSPS) is 11.6. The number of methoxy groups -OCH3 is 2. The summed E-state index contributed by atoms with van der Waals surface area (Å²) in [7, 11) is 3.24. The Morgan fingerprint density at radius 2 is 1.04 bits per heavy atom. The molecule has 0 amide bonds. The third kappa shape index (κ3) is 3.91. The molecule has 3 aromatic rings. The Kier molecular flexibility index (Phi) is 5.50. The van der Waals surface area contributed by atoms with Crippen molar-refractivity contribution in [3.8, 4) is 17.2 Å². The summed E-state index contributed by atoms with van der Waals surface area (Å²) in [6.45, 7) is 0. The molecule has 0 saturated heterocycles. The molecule has 4 nitrogen and oxygen atoms in total. The zero-order valence-corrected chi connectivity index (χ0v) is 16.4. The fourth-order valence-corrected chi connectivity index (χ4v) is 7.69. The minimum atomic E-state index is -4.08. The van der Waals surface area contributed by atoms with Crippen LogP contribution in [0.5, 0.6) is 17.2 Å². The van der Waals surface area contributed by atoms with E-state index in [0.29, 0.717) is 5.75 Å². The molecular formula is C20H20O4Te. The van der Waals surface area contributed by atoms with E-state index in [1.807, 2.05) is 78.9 Å². The first-order valence-corrected chi connectivity index (χ1v) is 12.1. The molecule has 3 aromatic carbocycles. The molecule has 0 aliphatic carbocycles. The summed E-state index contributed by atoms with van der Waals surface area (Å²) in [5.74, 6) is 2.13. The van der Waals surface area contributed by atoms with E-state index in [-0.39, 0.29) is 0 Å². The maximum atomic E-state index is 11.6. The molecule has 0 saturated carbocycles. The van der Waals surface area contributed by atoms with Gasteiger partial charge in [-0.3, -0.25) is 0 Å². The molecule has 0 unspecified atom stereocenters. The van der Waals surface area contributed by atoms with Crippen molar-refractivity contribution in [3.63, 3.8) is 0 Å². The van der Waals surface area contributed by atoms with Gasteiger partial charge in [-0.1, -0.05) is 0 Å². The number of benzene rings is 3. The van der Waals surface area contributed by atoms with Crippen molar-refractivity contribution < 1.29 is 16.0 Å². The van der Waals surface area contributed by atoms with Crippen LogP contribution in [-0.4, -0.2) is 36.7 Å². The van der Waals surface area contributed by atoms with Gasteiger partial charge in [0.2, 0.25) is 0 Å². The number of hydrogen-bond donors (Lipinski definition) is 1. The molecule has 0 spiro atoms. The maximum absolute atomic E-state index is 11.6. The van der Waals surface area contributed by atoms with Crippen molar-refractivity contribution in [2.75, 3.05) is 14.2 Å². The first kappa shape index (κ1) is 17.6. The van der Waals surface area contributed by atoms with Crippen LogP contribution in [-0.2, 0) is 0 Å². The van der Waals surface area contributed by atoms with Gasteiger partial charge in [-0.15, -0.1) is 0 Å². The molecule has 0 fully saturated rings. The van der Waals surface area contributed by atoms with Crippen LogP contribution in [0.2, 0.25) is 0 Å². The molecule has 0 aromatic heterocycles. The van der Waals surface area contributed by atoms with Gasteiger partial charge >= 0.3 is 153 Å². The van der Waals surface area contributed by atoms with Gasteiger partial charge in [0.25, 0.3) is 0 Å². The summed E-state index contributed by atoms with van der Waals surface area (Å²) in [6, 6.07) is 24.2. The molecule has 0 atom stereocenters. The zero-order chi connectivity index (χ0) is 17.7. The van der Waals surface area contributed by atoms with Gasteiger partial charge in [0, 0.05) is 0 Å². The van der Waals surface area contributed by atoms with E-state index in [9.17, 15) is 3.47 Å². The molecule has 0 aliphatic heterocycles. The zero-order valence-electron chi connectivity index (χ0n) is 14.1. The van der Waals surface area contributed by atoms with Gasteiger partial charge in [-0.25, -0.2) is 0 Å². The Labute approximate surface area is 152 Å². The Morgan fingerprint density at radius 3 is 1.44 bits per heavy atom. The molecule has 3 rings (SSSR count). The van der Waals surface area contributed by atoms with Crippen molar-refractivity contribution >= 4 is 26.2 Å². The van der Waals surface area contributed by atoms with E-state index in [2.05, 4.69) is 0 Å². The second kappa shape index (κ2) is 7.79. The van der Waals surface area contributed by atoms with E-state index in [4.69, 9.17) is 12.6 Å². The summed E-state index contributed by atoms with van der Waals surface area (Å²) in [4.78, 5) is 0. The summed E-state index contributed by atoms with van der Waals surface area (Å²) in [6.07, 6.45) is 0. The molecule has 1 N–H and O–H groups in total. The van der Waals surface area contributed by atoms with Gasteiger partial charge in [0.15, 0.2) is 0 Å². The van der Waals surface area contributed by atoms with Gasteiger partial charge < -0.3 is 0 Å². The van der Waals surface area contributed by atoms with E-state index in [1.54, 1.807) is 14.2 Å². The number of rotatable bonds is 6. The second-order valence-electron chi connectivity index (χ2n) is 5.27. The summed E-state index contributed by atoms with van der Waals surface area (Å²) < 4.78 is 29.8. The van der Waals surface area contributed by atoms with Crippen molar-refractivity contribution in [2.24, 2.45) is 0 Å². The average Bonchev–Trinajstić information content (AvgIpc) is 2.69. The molecular weight excluding hydrogens is 432 g/mol. The fraction of sp³-hybridized carbons (Fsp3) is 0.100. The average molecular weight is 452 g/mol. The molecule has 0 heterocycles. The third-order valence-electron chi connectivity index (χ3n) is 3.72. The van der Waals surface area contributed by atoms with Crippen molar-refractivity contribution in [2.45, 2.75) is 0 Å². The van der Waals surface area contributed by atoms with E-state index in [1.165, 1.54) is 0 Å². The van der Waals surface area contributed by atoms with Crippen LogP contribution in [0, 0.1) is 0 Å². The first-order chi connectivity index (χ1) is 12.2. The van der Waals surface area contributed by atoms with Gasteiger partial charge in [-0.2, -0.15) is 0 Å². The predicted octanol–water partition coefficient (Wildman–Crippen LogP) is 2.33. The first-order valence-electron chi connectivity index (χ1n) is 7.74. The molecule has 25 heavy (non-hydrogen) atoms. The fourth-order valence-electron chi connectivity index (χ4n) is 2.37. The van der Waals surface area contributed by atoms with Crippen LogP contribution >= 0.6 is 0 Å². The van der Waals surface area contributed by atoms with Crippen LogP contribution in [0.4, 0.5) is 0 Å². The van der Waals surface area contributed by atoms with Crippen molar-refractivity contribution in [1.82, 2.24) is 0 Å². The van der Waals surface area contributed by atoms with Gasteiger partial charge in [0.1, 0.15) is 0 Å². The van der Waals surface area contributed by atoms with Gasteiger partial charge in [0.05, 0.1) is 0 Å². The topological polar surface area (TPSA) is 47.9 Å². The van der Waals surface area contributed by atoms with E-state index >= 15 is 0 Å². The van der Waals surface area contributed by atoms with E-state index in [0.717, 1.165) is 18.7 Å². The van der Waals surface area contributed by atoms with Crippen LogP contribution in [0.15, 0.2) is 78.9 Å². The Morgan fingerprint density at radius 1 is 0.600 bits per heavy atom. The summed E-state index contributed by atoms with van der Waals surface area (Å²) in [5.41, 5.74) is 0. The second-order valence-corrected chi connectivity index (χ2v) is 11.4. The number of hydrogen-bond acceptors (Lipinski definition) is 4. The van der Waals surface area contributed by atoms with Gasteiger partial charge in [-0.05, 0) is 0 Å². The SMILES string of the molecule is COc1ccc([Te](O)(Oc2ccccc2)c2ccc(OC)cc2)cc1. The van der Waals surface area contributed by atoms with Crippen LogP contribution < -0.4 is 19.8 Å². The Hall–Kier alpha value is -2.19. The molecule has 130 valence electrons. The summed E-state index contributed by atoms with van der Waals surface area (Å²) >= 11 is -4.08. The van der Waals surface area contributed by atoms with Crippen molar-refractivity contribution in [3.05, 3.63) is 78.9 Å². The number of para-hydroxylation sites is 1. The molecule has 0 aliphatic rings. The predicted molar refractivity (Wildman–Crippen MR) is 100 cm³/mol. The molecule has 5 heteroatoms.